The van der Waals surface area contributed by atoms with Crippen molar-refractivity contribution in [2.75, 3.05) is 25.5 Å². The first-order chi connectivity index (χ1) is 21.1. The molecule has 1 fully saturated rings. The van der Waals surface area contributed by atoms with Gasteiger partial charge in [0, 0.05) is 49.1 Å². The molecule has 0 spiro atoms. The molecule has 2 N–H and O–H groups in total. The molecule has 0 saturated carbocycles. The van der Waals surface area contributed by atoms with E-state index in [0.29, 0.717) is 34.3 Å². The SMILES string of the molecule is COc1nc(-c2cccc(-c3cccc(NC(=O)c4cn(C)c(=O)n(C)c4=O)c3C)c2Cl)cc2c1C(N1CCCC1)C(O)C2. The normalized spacial score (nSPS) is 18.0. The van der Waals surface area contributed by atoms with Crippen LogP contribution in [0.3, 0.4) is 0 Å². The van der Waals surface area contributed by atoms with Crippen LogP contribution in [0.15, 0.2) is 58.3 Å². The van der Waals surface area contributed by atoms with Crippen molar-refractivity contribution in [2.24, 2.45) is 14.1 Å². The molecule has 1 amide bonds. The highest BCUT2D eigenvalue weighted by Gasteiger charge is 2.40. The number of halogens is 1. The van der Waals surface area contributed by atoms with E-state index in [-0.39, 0.29) is 11.6 Å². The second kappa shape index (κ2) is 11.7. The number of rotatable bonds is 6. The lowest BCUT2D eigenvalue weighted by Crippen LogP contribution is -2.40. The summed E-state index contributed by atoms with van der Waals surface area (Å²) in [4.78, 5) is 45.0. The maximum atomic E-state index is 13.1. The quantitative estimate of drug-likeness (QED) is 0.335. The predicted molar refractivity (Wildman–Crippen MR) is 170 cm³/mol. The topological polar surface area (TPSA) is 119 Å². The number of benzene rings is 2. The number of ether oxygens (including phenoxy) is 1. The minimum Gasteiger partial charge on any atom is -0.481 e. The Morgan fingerprint density at radius 2 is 1.75 bits per heavy atom. The van der Waals surface area contributed by atoms with E-state index >= 15 is 0 Å². The van der Waals surface area contributed by atoms with E-state index < -0.39 is 23.3 Å². The Balaban J connectivity index is 1.36. The summed E-state index contributed by atoms with van der Waals surface area (Å²) in [6.07, 6.45) is 3.45. The minimum atomic E-state index is -0.674. The maximum absolute atomic E-state index is 13.1. The minimum absolute atomic E-state index is 0.132. The number of aromatic nitrogens is 3. The predicted octanol–water partition coefficient (Wildman–Crippen LogP) is 4.09. The Labute approximate surface area is 259 Å². The number of carbonyl (C=O) groups excluding carboxylic acids is 1. The third-order valence-electron chi connectivity index (χ3n) is 8.76. The number of anilines is 1. The monoisotopic (exact) mass is 615 g/mol. The number of aliphatic hydroxyl groups is 1. The molecule has 10 nitrogen and oxygen atoms in total. The van der Waals surface area contributed by atoms with Gasteiger partial charge in [-0.25, -0.2) is 9.78 Å². The number of hydrogen-bond donors (Lipinski definition) is 2. The zero-order valence-electron chi connectivity index (χ0n) is 25.1. The van der Waals surface area contributed by atoms with Crippen molar-refractivity contribution in [3.63, 3.8) is 0 Å². The van der Waals surface area contributed by atoms with Crippen molar-refractivity contribution in [1.29, 1.82) is 0 Å². The third-order valence-corrected chi connectivity index (χ3v) is 9.17. The molecule has 2 aromatic carbocycles. The van der Waals surface area contributed by atoms with E-state index in [1.807, 2.05) is 37.3 Å². The number of amides is 1. The molecule has 0 bridgehead atoms. The molecular weight excluding hydrogens is 582 g/mol. The van der Waals surface area contributed by atoms with E-state index in [1.54, 1.807) is 19.2 Å². The molecule has 228 valence electrons. The van der Waals surface area contributed by atoms with E-state index in [4.69, 9.17) is 21.3 Å². The van der Waals surface area contributed by atoms with Crippen molar-refractivity contribution < 1.29 is 14.6 Å². The Bertz CT molecular complexity index is 1910. The Kier molecular flexibility index (Phi) is 7.91. The largest absolute Gasteiger partial charge is 0.481 e. The first kappa shape index (κ1) is 29.8. The molecule has 44 heavy (non-hydrogen) atoms. The number of hydrogen-bond acceptors (Lipinski definition) is 7. The molecule has 3 heterocycles. The molecule has 1 aliphatic heterocycles. The number of carbonyl (C=O) groups is 1. The van der Waals surface area contributed by atoms with Gasteiger partial charge in [0.15, 0.2) is 0 Å². The first-order valence-electron chi connectivity index (χ1n) is 14.6. The molecule has 11 heteroatoms. The highest BCUT2D eigenvalue weighted by atomic mass is 35.5. The Morgan fingerprint density at radius 3 is 2.48 bits per heavy atom. The summed E-state index contributed by atoms with van der Waals surface area (Å²) in [6.45, 7) is 3.75. The number of likely N-dealkylation sites (tertiary alicyclic amines) is 1. The molecular formula is C33H34ClN5O5. The van der Waals surface area contributed by atoms with Crippen molar-refractivity contribution in [3.05, 3.63) is 96.8 Å². The molecule has 0 radical (unpaired) electrons. The summed E-state index contributed by atoms with van der Waals surface area (Å²) >= 11 is 7.08. The summed E-state index contributed by atoms with van der Waals surface area (Å²) in [5, 5.41) is 14.3. The summed E-state index contributed by atoms with van der Waals surface area (Å²) < 4.78 is 7.87. The standard InChI is InChI=1S/C33H34ClN5O5/c1-18-20(9-8-12-24(18)35-30(41)23-17-37(2)33(43)38(3)32(23)42)21-10-7-11-22(28(21)34)25-15-19-16-26(40)29(39-13-5-6-14-39)27(19)31(36-25)44-4/h7-12,15,17,26,29,40H,5-6,13-14,16H2,1-4H3,(H,35,41). The van der Waals surface area contributed by atoms with Crippen molar-refractivity contribution in [1.82, 2.24) is 19.0 Å². The van der Waals surface area contributed by atoms with Gasteiger partial charge in [-0.05, 0) is 61.7 Å². The fourth-order valence-electron chi connectivity index (χ4n) is 6.49. The number of pyridine rings is 1. The lowest BCUT2D eigenvalue weighted by Gasteiger charge is -2.27. The molecule has 1 aliphatic carbocycles. The summed E-state index contributed by atoms with van der Waals surface area (Å²) in [5.74, 6) is -0.122. The van der Waals surface area contributed by atoms with E-state index in [9.17, 15) is 19.5 Å². The number of methoxy groups -OCH3 is 1. The van der Waals surface area contributed by atoms with Gasteiger partial charge in [0.2, 0.25) is 5.88 Å². The molecule has 2 atom stereocenters. The van der Waals surface area contributed by atoms with Crippen molar-refractivity contribution in [3.8, 4) is 28.3 Å². The lowest BCUT2D eigenvalue weighted by atomic mass is 9.96. The smallest absolute Gasteiger partial charge is 0.330 e. The average Bonchev–Trinajstić information content (AvgIpc) is 3.65. The van der Waals surface area contributed by atoms with Crippen LogP contribution in [0.4, 0.5) is 5.69 Å². The molecule has 2 unspecified atom stereocenters. The van der Waals surface area contributed by atoms with Crippen LogP contribution >= 0.6 is 11.6 Å². The maximum Gasteiger partial charge on any atom is 0.330 e. The molecule has 2 aliphatic rings. The van der Waals surface area contributed by atoms with E-state index in [1.165, 1.54) is 24.9 Å². The summed E-state index contributed by atoms with van der Waals surface area (Å²) in [6, 6.07) is 13.0. The molecule has 1 saturated heterocycles. The fraction of sp³-hybridized carbons (Fsp3) is 0.333. The van der Waals surface area contributed by atoms with Crippen molar-refractivity contribution >= 4 is 23.2 Å². The van der Waals surface area contributed by atoms with Gasteiger partial charge in [-0.15, -0.1) is 0 Å². The van der Waals surface area contributed by atoms with Crippen LogP contribution in [0.25, 0.3) is 22.4 Å². The number of aryl methyl sites for hydroxylation is 1. The molecule has 6 rings (SSSR count). The zero-order chi connectivity index (χ0) is 31.3. The van der Waals surface area contributed by atoms with Gasteiger partial charge >= 0.3 is 5.69 Å². The second-order valence-electron chi connectivity index (χ2n) is 11.4. The van der Waals surface area contributed by atoms with Crippen molar-refractivity contribution in [2.45, 2.75) is 38.3 Å². The second-order valence-corrected chi connectivity index (χ2v) is 11.8. The van der Waals surface area contributed by atoms with Gasteiger partial charge in [0.1, 0.15) is 5.56 Å². The van der Waals surface area contributed by atoms with Gasteiger partial charge in [0.25, 0.3) is 11.5 Å². The van der Waals surface area contributed by atoms with Gasteiger partial charge in [0.05, 0.1) is 30.0 Å². The van der Waals surface area contributed by atoms with Crippen LogP contribution in [0.5, 0.6) is 5.88 Å². The fourth-order valence-corrected chi connectivity index (χ4v) is 6.81. The van der Waals surface area contributed by atoms with Crippen LogP contribution in [0.2, 0.25) is 5.02 Å². The van der Waals surface area contributed by atoms with Gasteiger partial charge < -0.3 is 19.7 Å². The van der Waals surface area contributed by atoms with Crippen LogP contribution in [0, 0.1) is 6.92 Å². The number of nitrogens with one attached hydrogen (secondary N) is 1. The van der Waals surface area contributed by atoms with E-state index in [2.05, 4.69) is 10.2 Å². The van der Waals surface area contributed by atoms with Gasteiger partial charge in [-0.3, -0.25) is 19.1 Å². The van der Waals surface area contributed by atoms with Gasteiger partial charge in [-0.1, -0.05) is 41.9 Å². The van der Waals surface area contributed by atoms with Crippen LogP contribution in [0.1, 0.15) is 45.9 Å². The number of fused-ring (bicyclic) bond motifs is 1. The van der Waals surface area contributed by atoms with E-state index in [0.717, 1.165) is 58.3 Å². The highest BCUT2D eigenvalue weighted by molar-refractivity contribution is 6.36. The summed E-state index contributed by atoms with van der Waals surface area (Å²) in [5.41, 5.74) is 4.77. The number of aliphatic hydroxyl groups excluding tert-OH is 1. The van der Waals surface area contributed by atoms with Crippen LogP contribution in [-0.2, 0) is 20.5 Å². The Hall–Kier alpha value is -4.25. The summed E-state index contributed by atoms with van der Waals surface area (Å²) in [7, 11) is 4.42. The number of nitrogens with zero attached hydrogens (tertiary/aromatic N) is 4. The lowest BCUT2D eigenvalue weighted by molar-refractivity contribution is 0.0739. The van der Waals surface area contributed by atoms with Crippen LogP contribution in [-0.4, -0.2) is 56.3 Å². The first-order valence-corrected chi connectivity index (χ1v) is 14.9. The Morgan fingerprint density at radius 1 is 1.07 bits per heavy atom. The highest BCUT2D eigenvalue weighted by Crippen LogP contribution is 2.45. The third kappa shape index (κ3) is 5.02. The van der Waals surface area contributed by atoms with Gasteiger partial charge in [-0.2, -0.15) is 0 Å². The zero-order valence-corrected chi connectivity index (χ0v) is 25.8. The molecule has 2 aromatic heterocycles. The average molecular weight is 616 g/mol. The van der Waals surface area contributed by atoms with Crippen LogP contribution < -0.4 is 21.3 Å². The molecule has 4 aromatic rings.